The standard InChI is InChI=1S/C19H24ClF2NO3/c1-19(2,3)26-18(24)23-12-4-5-13(23)9-14(8-12)25-16-7-11(10-21)6-15(20)17(16)22/h6-7,12-14H,4-5,8-10H2,1-3H3/t12-,13+,14+. The Balaban J connectivity index is 1.70. The summed E-state index contributed by atoms with van der Waals surface area (Å²) in [6.07, 6.45) is 2.37. The molecule has 0 unspecified atom stereocenters. The van der Waals surface area contributed by atoms with Gasteiger partial charge in [-0.2, -0.15) is 0 Å². The first-order valence-corrected chi connectivity index (χ1v) is 9.27. The topological polar surface area (TPSA) is 38.8 Å². The van der Waals surface area contributed by atoms with Crippen molar-refractivity contribution in [3.8, 4) is 5.75 Å². The van der Waals surface area contributed by atoms with Crippen LogP contribution in [0.4, 0.5) is 13.6 Å². The van der Waals surface area contributed by atoms with Gasteiger partial charge in [0, 0.05) is 24.9 Å². The molecule has 0 saturated carbocycles. The lowest BCUT2D eigenvalue weighted by Crippen LogP contribution is -2.50. The van der Waals surface area contributed by atoms with E-state index in [1.54, 1.807) is 4.90 Å². The first-order chi connectivity index (χ1) is 12.2. The highest BCUT2D eigenvalue weighted by atomic mass is 35.5. The number of carbonyl (C=O) groups excluding carboxylic acids is 1. The Morgan fingerprint density at radius 2 is 1.88 bits per heavy atom. The molecular weight excluding hydrogens is 364 g/mol. The molecule has 1 aromatic carbocycles. The second kappa shape index (κ2) is 7.22. The minimum absolute atomic E-state index is 0.0106. The summed E-state index contributed by atoms with van der Waals surface area (Å²) in [5, 5.41) is -0.149. The second-order valence-electron chi connectivity index (χ2n) is 8.01. The summed E-state index contributed by atoms with van der Waals surface area (Å²) in [6.45, 7) is 4.78. The molecule has 2 bridgehead atoms. The van der Waals surface area contributed by atoms with Crippen molar-refractivity contribution in [3.63, 3.8) is 0 Å². The van der Waals surface area contributed by atoms with Gasteiger partial charge in [0.1, 0.15) is 18.4 Å². The SMILES string of the molecule is CC(C)(C)OC(=O)N1[C@@H]2CC[C@H]1C[C@@H](Oc1cc(CF)cc(Cl)c1F)C2. The molecular formula is C19H24ClF2NO3. The molecule has 144 valence electrons. The Hall–Kier alpha value is -1.56. The number of halogens is 3. The monoisotopic (exact) mass is 387 g/mol. The normalized spacial score (nSPS) is 25.3. The van der Waals surface area contributed by atoms with Crippen LogP contribution in [0.3, 0.4) is 0 Å². The summed E-state index contributed by atoms with van der Waals surface area (Å²) in [7, 11) is 0. The van der Waals surface area contributed by atoms with E-state index in [-0.39, 0.29) is 40.6 Å². The Labute approximate surface area is 157 Å². The van der Waals surface area contributed by atoms with Crippen LogP contribution in [0.5, 0.6) is 5.75 Å². The molecule has 2 saturated heterocycles. The van der Waals surface area contributed by atoms with E-state index in [4.69, 9.17) is 21.1 Å². The van der Waals surface area contributed by atoms with Gasteiger partial charge in [-0.1, -0.05) is 11.6 Å². The van der Waals surface area contributed by atoms with E-state index in [2.05, 4.69) is 0 Å². The van der Waals surface area contributed by atoms with Crippen molar-refractivity contribution in [1.82, 2.24) is 4.90 Å². The second-order valence-corrected chi connectivity index (χ2v) is 8.41. The third-order valence-electron chi connectivity index (χ3n) is 4.80. The fourth-order valence-corrected chi connectivity index (χ4v) is 4.03. The van der Waals surface area contributed by atoms with Crippen LogP contribution in [0.15, 0.2) is 12.1 Å². The third kappa shape index (κ3) is 4.05. The van der Waals surface area contributed by atoms with Gasteiger partial charge in [0.15, 0.2) is 11.6 Å². The summed E-state index contributed by atoms with van der Waals surface area (Å²) in [5.74, 6) is -0.703. The van der Waals surface area contributed by atoms with Crippen molar-refractivity contribution >= 4 is 17.7 Å². The number of hydrogen-bond acceptors (Lipinski definition) is 3. The van der Waals surface area contributed by atoms with Gasteiger partial charge in [-0.3, -0.25) is 0 Å². The number of ether oxygens (including phenoxy) is 2. The fourth-order valence-electron chi connectivity index (χ4n) is 3.80. The summed E-state index contributed by atoms with van der Waals surface area (Å²) in [4.78, 5) is 14.3. The highest BCUT2D eigenvalue weighted by Crippen LogP contribution is 2.39. The zero-order valence-electron chi connectivity index (χ0n) is 15.2. The molecule has 1 aromatic rings. The van der Waals surface area contributed by atoms with Crippen molar-refractivity contribution in [2.45, 2.75) is 76.9 Å². The van der Waals surface area contributed by atoms with Crippen LogP contribution in [0.25, 0.3) is 0 Å². The average Bonchev–Trinajstić information content (AvgIpc) is 2.81. The zero-order valence-corrected chi connectivity index (χ0v) is 16.0. The van der Waals surface area contributed by atoms with Gasteiger partial charge in [-0.05, 0) is 51.3 Å². The predicted octanol–water partition coefficient (Wildman–Crippen LogP) is 5.26. The molecule has 0 radical (unpaired) electrons. The van der Waals surface area contributed by atoms with Gasteiger partial charge >= 0.3 is 6.09 Å². The first kappa shape index (κ1) is 19.2. The maximum Gasteiger partial charge on any atom is 0.410 e. The van der Waals surface area contributed by atoms with E-state index in [0.717, 1.165) is 12.8 Å². The smallest absolute Gasteiger partial charge is 0.410 e. The number of fused-ring (bicyclic) bond motifs is 2. The predicted molar refractivity (Wildman–Crippen MR) is 94.8 cm³/mol. The van der Waals surface area contributed by atoms with E-state index in [9.17, 15) is 13.6 Å². The number of rotatable bonds is 3. The lowest BCUT2D eigenvalue weighted by atomic mass is 10.00. The van der Waals surface area contributed by atoms with E-state index < -0.39 is 18.1 Å². The van der Waals surface area contributed by atoms with Crippen molar-refractivity contribution in [2.24, 2.45) is 0 Å². The summed E-state index contributed by atoms with van der Waals surface area (Å²) in [6, 6.07) is 2.63. The van der Waals surface area contributed by atoms with E-state index >= 15 is 0 Å². The molecule has 3 atom stereocenters. The molecule has 26 heavy (non-hydrogen) atoms. The number of amides is 1. The highest BCUT2D eigenvalue weighted by molar-refractivity contribution is 6.31. The number of piperidine rings is 1. The fraction of sp³-hybridized carbons (Fsp3) is 0.632. The molecule has 3 rings (SSSR count). The number of benzene rings is 1. The first-order valence-electron chi connectivity index (χ1n) is 8.90. The minimum atomic E-state index is -0.737. The Morgan fingerprint density at radius 3 is 2.42 bits per heavy atom. The van der Waals surface area contributed by atoms with Crippen molar-refractivity contribution in [3.05, 3.63) is 28.5 Å². The van der Waals surface area contributed by atoms with Crippen molar-refractivity contribution in [1.29, 1.82) is 0 Å². The average molecular weight is 388 g/mol. The van der Waals surface area contributed by atoms with Crippen LogP contribution in [-0.2, 0) is 11.4 Å². The van der Waals surface area contributed by atoms with E-state index in [1.165, 1.54) is 12.1 Å². The molecule has 4 nitrogen and oxygen atoms in total. The summed E-state index contributed by atoms with van der Waals surface area (Å²) < 4.78 is 38.4. The van der Waals surface area contributed by atoms with E-state index in [0.29, 0.717) is 12.8 Å². The van der Waals surface area contributed by atoms with Crippen LogP contribution in [0, 0.1) is 5.82 Å². The molecule has 2 aliphatic rings. The molecule has 1 amide bonds. The minimum Gasteiger partial charge on any atom is -0.487 e. The zero-order chi connectivity index (χ0) is 19.1. The van der Waals surface area contributed by atoms with Gasteiger partial charge in [0.05, 0.1) is 5.02 Å². The molecule has 0 N–H and O–H groups in total. The highest BCUT2D eigenvalue weighted by Gasteiger charge is 2.45. The van der Waals surface area contributed by atoms with Crippen LogP contribution in [0.2, 0.25) is 5.02 Å². The molecule has 0 aliphatic carbocycles. The van der Waals surface area contributed by atoms with E-state index in [1.807, 2.05) is 20.8 Å². The van der Waals surface area contributed by atoms with Crippen LogP contribution < -0.4 is 4.74 Å². The Kier molecular flexibility index (Phi) is 5.33. The molecule has 2 fully saturated rings. The summed E-state index contributed by atoms with van der Waals surface area (Å²) in [5.41, 5.74) is -0.267. The molecule has 0 spiro atoms. The summed E-state index contributed by atoms with van der Waals surface area (Å²) >= 11 is 5.82. The quantitative estimate of drug-likeness (QED) is 0.710. The van der Waals surface area contributed by atoms with Gasteiger partial charge in [0.25, 0.3) is 0 Å². The van der Waals surface area contributed by atoms with Crippen molar-refractivity contribution in [2.75, 3.05) is 0 Å². The number of hydrogen-bond donors (Lipinski definition) is 0. The number of alkyl halides is 1. The largest absolute Gasteiger partial charge is 0.487 e. The maximum atomic E-state index is 14.2. The molecule has 2 aliphatic heterocycles. The van der Waals surface area contributed by atoms with Gasteiger partial charge in [0.2, 0.25) is 0 Å². The van der Waals surface area contributed by atoms with Crippen molar-refractivity contribution < 1.29 is 23.0 Å². The van der Waals surface area contributed by atoms with Gasteiger partial charge in [-0.15, -0.1) is 0 Å². The lowest BCUT2D eigenvalue weighted by molar-refractivity contribution is -0.00754. The number of nitrogens with zero attached hydrogens (tertiary/aromatic N) is 1. The molecule has 7 heteroatoms. The Bertz CT molecular complexity index is 678. The maximum absolute atomic E-state index is 14.2. The number of carbonyl (C=O) groups is 1. The van der Waals surface area contributed by atoms with Crippen LogP contribution >= 0.6 is 11.6 Å². The molecule has 2 heterocycles. The van der Waals surface area contributed by atoms with Crippen LogP contribution in [0.1, 0.15) is 52.0 Å². The molecule has 0 aromatic heterocycles. The third-order valence-corrected chi connectivity index (χ3v) is 5.07. The van der Waals surface area contributed by atoms with Crippen LogP contribution in [-0.4, -0.2) is 34.8 Å². The lowest BCUT2D eigenvalue weighted by Gasteiger charge is -2.39. The van der Waals surface area contributed by atoms with Gasteiger partial charge in [-0.25, -0.2) is 13.6 Å². The van der Waals surface area contributed by atoms with Gasteiger partial charge < -0.3 is 14.4 Å². The Morgan fingerprint density at radius 1 is 1.27 bits per heavy atom.